The van der Waals surface area contributed by atoms with Crippen LogP contribution in [0.1, 0.15) is 24.2 Å². The second-order valence-corrected chi connectivity index (χ2v) is 8.70. The molecule has 1 amide bonds. The van der Waals surface area contributed by atoms with Crippen LogP contribution in [-0.4, -0.2) is 64.7 Å². The lowest BCUT2D eigenvalue weighted by molar-refractivity contribution is -0.135. The van der Waals surface area contributed by atoms with Crippen molar-refractivity contribution >= 4 is 16.9 Å². The number of hydrogen-bond acceptors (Lipinski definition) is 4. The minimum Gasteiger partial charge on any atom is -0.379 e. The van der Waals surface area contributed by atoms with Gasteiger partial charge in [0.2, 0.25) is 5.91 Å². The molecule has 3 aromatic rings. The van der Waals surface area contributed by atoms with Crippen LogP contribution in [0.5, 0.6) is 0 Å². The van der Waals surface area contributed by atoms with Crippen molar-refractivity contribution in [2.24, 2.45) is 7.05 Å². The fourth-order valence-corrected chi connectivity index (χ4v) is 4.66. The molecular formula is C25H30N4O2. The van der Waals surface area contributed by atoms with E-state index in [2.05, 4.69) is 27.7 Å². The third kappa shape index (κ3) is 3.98. The Bertz CT molecular complexity index is 1050. The summed E-state index contributed by atoms with van der Waals surface area (Å²) in [6, 6.07) is 18.4. The topological polar surface area (TPSA) is 50.6 Å². The second kappa shape index (κ2) is 8.44. The number of morpholine rings is 1. The van der Waals surface area contributed by atoms with Gasteiger partial charge in [-0.05, 0) is 30.5 Å². The summed E-state index contributed by atoms with van der Waals surface area (Å²) in [6.07, 6.45) is 1.85. The summed E-state index contributed by atoms with van der Waals surface area (Å²) in [5.41, 5.74) is 2.85. The molecule has 162 valence electrons. The molecule has 0 unspecified atom stereocenters. The van der Waals surface area contributed by atoms with E-state index < -0.39 is 0 Å². The molecule has 1 saturated carbocycles. The first kappa shape index (κ1) is 20.2. The van der Waals surface area contributed by atoms with Crippen molar-refractivity contribution in [3.63, 3.8) is 0 Å². The van der Waals surface area contributed by atoms with Gasteiger partial charge in [0.1, 0.15) is 5.82 Å². The molecule has 0 N–H and O–H groups in total. The molecule has 2 aliphatic rings. The number of carbonyl (C=O) groups is 1. The highest BCUT2D eigenvalue weighted by Gasteiger charge is 2.53. The van der Waals surface area contributed by atoms with Gasteiger partial charge in [0.05, 0.1) is 36.2 Å². The predicted molar refractivity (Wildman–Crippen MR) is 121 cm³/mol. The highest BCUT2D eigenvalue weighted by Crippen LogP contribution is 2.49. The quantitative estimate of drug-likeness (QED) is 0.592. The van der Waals surface area contributed by atoms with Gasteiger partial charge in [0.25, 0.3) is 0 Å². The average molecular weight is 419 g/mol. The summed E-state index contributed by atoms with van der Waals surface area (Å²) in [4.78, 5) is 23.1. The lowest BCUT2D eigenvalue weighted by Gasteiger charge is -2.32. The lowest BCUT2D eigenvalue weighted by Crippen LogP contribution is -2.45. The molecule has 1 aromatic heterocycles. The Kier molecular flexibility index (Phi) is 5.50. The van der Waals surface area contributed by atoms with E-state index >= 15 is 0 Å². The van der Waals surface area contributed by atoms with Crippen LogP contribution in [0.4, 0.5) is 0 Å². The van der Waals surface area contributed by atoms with Crippen LogP contribution in [0.15, 0.2) is 54.6 Å². The normalized spacial score (nSPS) is 18.2. The Morgan fingerprint density at radius 3 is 2.48 bits per heavy atom. The highest BCUT2D eigenvalue weighted by molar-refractivity contribution is 5.91. The maximum Gasteiger partial charge on any atom is 0.233 e. The van der Waals surface area contributed by atoms with Gasteiger partial charge in [0.15, 0.2) is 0 Å². The Balaban J connectivity index is 1.41. The minimum absolute atomic E-state index is 0.235. The van der Waals surface area contributed by atoms with Gasteiger partial charge in [-0.15, -0.1) is 0 Å². The zero-order chi connectivity index (χ0) is 21.3. The van der Waals surface area contributed by atoms with Gasteiger partial charge in [-0.3, -0.25) is 9.69 Å². The molecule has 1 saturated heterocycles. The molecule has 2 fully saturated rings. The van der Waals surface area contributed by atoms with Crippen LogP contribution in [0.25, 0.3) is 11.0 Å². The second-order valence-electron chi connectivity index (χ2n) is 8.70. The van der Waals surface area contributed by atoms with Crippen molar-refractivity contribution in [3.05, 3.63) is 66.0 Å². The largest absolute Gasteiger partial charge is 0.379 e. The van der Waals surface area contributed by atoms with Crippen molar-refractivity contribution in [1.29, 1.82) is 0 Å². The number of aromatic nitrogens is 2. The van der Waals surface area contributed by atoms with Crippen LogP contribution in [0.3, 0.4) is 0 Å². The number of fused-ring (bicyclic) bond motifs is 1. The van der Waals surface area contributed by atoms with Gasteiger partial charge in [-0.25, -0.2) is 4.98 Å². The number of nitrogens with zero attached hydrogens (tertiary/aromatic N) is 4. The van der Waals surface area contributed by atoms with E-state index in [4.69, 9.17) is 9.72 Å². The third-order valence-corrected chi connectivity index (χ3v) is 6.77. The van der Waals surface area contributed by atoms with Crippen LogP contribution >= 0.6 is 0 Å². The zero-order valence-corrected chi connectivity index (χ0v) is 18.2. The predicted octanol–water partition coefficient (Wildman–Crippen LogP) is 2.97. The first-order chi connectivity index (χ1) is 15.2. The summed E-state index contributed by atoms with van der Waals surface area (Å²) in [7, 11) is 2.04. The fourth-order valence-electron chi connectivity index (χ4n) is 4.66. The maximum atomic E-state index is 13.9. The first-order valence-electron chi connectivity index (χ1n) is 11.2. The van der Waals surface area contributed by atoms with E-state index in [1.165, 1.54) is 0 Å². The summed E-state index contributed by atoms with van der Waals surface area (Å²) < 4.78 is 7.60. The molecule has 1 aliphatic heterocycles. The molecular weight excluding hydrogens is 388 g/mol. The van der Waals surface area contributed by atoms with Gasteiger partial charge in [0, 0.05) is 33.2 Å². The number of amides is 1. The summed E-state index contributed by atoms with van der Waals surface area (Å²) >= 11 is 0. The van der Waals surface area contributed by atoms with E-state index in [0.717, 1.165) is 68.1 Å². The molecule has 0 atom stereocenters. The molecule has 0 bridgehead atoms. The van der Waals surface area contributed by atoms with Crippen molar-refractivity contribution < 1.29 is 9.53 Å². The lowest BCUT2D eigenvalue weighted by atomic mass is 9.94. The third-order valence-electron chi connectivity index (χ3n) is 6.77. The van der Waals surface area contributed by atoms with Crippen molar-refractivity contribution in [1.82, 2.24) is 19.4 Å². The van der Waals surface area contributed by atoms with Gasteiger partial charge in [-0.2, -0.15) is 0 Å². The van der Waals surface area contributed by atoms with Crippen molar-refractivity contribution in [3.8, 4) is 0 Å². The van der Waals surface area contributed by atoms with Crippen molar-refractivity contribution in [2.45, 2.75) is 24.8 Å². The van der Waals surface area contributed by atoms with E-state index in [0.29, 0.717) is 13.1 Å². The molecule has 6 nitrogen and oxygen atoms in total. The Morgan fingerprint density at radius 1 is 1.06 bits per heavy atom. The molecule has 6 heteroatoms. The average Bonchev–Trinajstić information content (AvgIpc) is 3.58. The minimum atomic E-state index is -0.364. The van der Waals surface area contributed by atoms with E-state index in [9.17, 15) is 4.79 Å². The first-order valence-corrected chi connectivity index (χ1v) is 11.2. The Hall–Kier alpha value is -2.70. The molecule has 1 aliphatic carbocycles. The fraction of sp³-hybridized carbons (Fsp3) is 0.440. The number of benzene rings is 2. The molecule has 0 spiro atoms. The summed E-state index contributed by atoms with van der Waals surface area (Å²) in [5.74, 6) is 1.17. The molecule has 5 rings (SSSR count). The SMILES string of the molecule is Cn1c(CN(CCN2CCOCC2)C(=O)C2(c3ccccc3)CC2)nc2ccccc21. The number of rotatable bonds is 7. The van der Waals surface area contributed by atoms with E-state index in [1.807, 2.05) is 48.3 Å². The summed E-state index contributed by atoms with van der Waals surface area (Å²) in [5, 5.41) is 0. The van der Waals surface area contributed by atoms with Crippen LogP contribution in [0.2, 0.25) is 0 Å². The van der Waals surface area contributed by atoms with Crippen molar-refractivity contribution in [2.75, 3.05) is 39.4 Å². The van der Waals surface area contributed by atoms with Crippen LogP contribution < -0.4 is 0 Å². The molecule has 0 radical (unpaired) electrons. The number of carbonyl (C=O) groups excluding carboxylic acids is 1. The van der Waals surface area contributed by atoms with Gasteiger partial charge >= 0.3 is 0 Å². The number of ether oxygens (including phenoxy) is 1. The van der Waals surface area contributed by atoms with Gasteiger partial charge < -0.3 is 14.2 Å². The summed E-state index contributed by atoms with van der Waals surface area (Å²) in [6.45, 7) is 5.50. The van der Waals surface area contributed by atoms with E-state index in [-0.39, 0.29) is 11.3 Å². The number of hydrogen-bond donors (Lipinski definition) is 0. The van der Waals surface area contributed by atoms with Crippen LogP contribution in [0, 0.1) is 0 Å². The Labute approximate surface area is 183 Å². The molecule has 2 aromatic carbocycles. The smallest absolute Gasteiger partial charge is 0.233 e. The molecule has 31 heavy (non-hydrogen) atoms. The zero-order valence-electron chi connectivity index (χ0n) is 18.2. The standard InChI is InChI=1S/C25H30N4O2/c1-27-22-10-6-5-9-21(22)26-23(27)19-29(14-13-28-15-17-31-18-16-28)24(30)25(11-12-25)20-7-3-2-4-8-20/h2-10H,11-19H2,1H3. The number of aryl methyl sites for hydroxylation is 1. The van der Waals surface area contributed by atoms with Gasteiger partial charge in [-0.1, -0.05) is 42.5 Å². The van der Waals surface area contributed by atoms with E-state index in [1.54, 1.807) is 0 Å². The maximum absolute atomic E-state index is 13.9. The molecule has 2 heterocycles. The number of para-hydroxylation sites is 2. The monoisotopic (exact) mass is 418 g/mol. The Morgan fingerprint density at radius 2 is 1.77 bits per heavy atom. The van der Waals surface area contributed by atoms with Crippen LogP contribution in [-0.2, 0) is 28.5 Å². The highest BCUT2D eigenvalue weighted by atomic mass is 16.5. The number of imidazole rings is 1.